The number of nitrogens with zero attached hydrogens (tertiary/aromatic N) is 1. The van der Waals surface area contributed by atoms with Gasteiger partial charge < -0.3 is 5.32 Å². The molecule has 0 fully saturated rings. The Labute approximate surface area is 133 Å². The van der Waals surface area contributed by atoms with E-state index in [-0.39, 0.29) is 30.3 Å². The highest BCUT2D eigenvalue weighted by molar-refractivity contribution is 7.92. The maximum Gasteiger partial charge on any atom is 0.241 e. The molecule has 0 heterocycles. The molecule has 22 heavy (non-hydrogen) atoms. The summed E-state index contributed by atoms with van der Waals surface area (Å²) in [6.07, 6.45) is 1.11. The lowest BCUT2D eigenvalue weighted by Gasteiger charge is -2.28. The molecule has 0 unspecified atom stereocenters. The molecule has 0 radical (unpaired) electrons. The van der Waals surface area contributed by atoms with E-state index in [1.54, 1.807) is 30.3 Å². The van der Waals surface area contributed by atoms with Crippen LogP contribution in [0.2, 0.25) is 0 Å². The van der Waals surface area contributed by atoms with Crippen molar-refractivity contribution in [2.45, 2.75) is 33.7 Å². The van der Waals surface area contributed by atoms with E-state index in [1.807, 2.05) is 27.7 Å². The van der Waals surface area contributed by atoms with E-state index < -0.39 is 10.0 Å². The summed E-state index contributed by atoms with van der Waals surface area (Å²) >= 11 is 0. The number of nitrogens with one attached hydrogen (secondary N) is 1. The zero-order valence-corrected chi connectivity index (χ0v) is 14.7. The largest absolute Gasteiger partial charge is 0.351 e. The lowest BCUT2D eigenvalue weighted by Crippen LogP contribution is -2.47. The summed E-state index contributed by atoms with van der Waals surface area (Å²) in [6.45, 7) is 7.94. The van der Waals surface area contributed by atoms with E-state index in [9.17, 15) is 13.2 Å². The van der Waals surface area contributed by atoms with E-state index in [0.29, 0.717) is 5.69 Å². The molecule has 1 N–H and O–H groups in total. The van der Waals surface area contributed by atoms with Gasteiger partial charge in [0.25, 0.3) is 0 Å². The van der Waals surface area contributed by atoms with Crippen LogP contribution in [0.25, 0.3) is 0 Å². The Balaban J connectivity index is 2.90. The number of hydrogen-bond acceptors (Lipinski definition) is 3. The Morgan fingerprint density at radius 1 is 1.09 bits per heavy atom. The molecule has 0 aliphatic heterocycles. The van der Waals surface area contributed by atoms with E-state index >= 15 is 0 Å². The van der Waals surface area contributed by atoms with Crippen molar-refractivity contribution in [2.24, 2.45) is 11.8 Å². The van der Waals surface area contributed by atoms with E-state index in [0.717, 1.165) is 10.6 Å². The standard InChI is InChI=1S/C16H26N2O3S/c1-12(2)16(13(3)4)17-15(19)11-18(22(5,20)21)14-9-7-6-8-10-14/h6-10,12-13,16H,11H2,1-5H3,(H,17,19). The lowest BCUT2D eigenvalue weighted by atomic mass is 9.93. The van der Waals surface area contributed by atoms with Gasteiger partial charge in [0.15, 0.2) is 0 Å². The smallest absolute Gasteiger partial charge is 0.241 e. The Morgan fingerprint density at radius 2 is 1.59 bits per heavy atom. The van der Waals surface area contributed by atoms with Crippen molar-refractivity contribution < 1.29 is 13.2 Å². The van der Waals surface area contributed by atoms with Crippen LogP contribution >= 0.6 is 0 Å². The number of amides is 1. The minimum Gasteiger partial charge on any atom is -0.351 e. The van der Waals surface area contributed by atoms with Crippen LogP contribution in [0, 0.1) is 11.8 Å². The summed E-state index contributed by atoms with van der Waals surface area (Å²) in [5, 5.41) is 2.94. The highest BCUT2D eigenvalue weighted by Gasteiger charge is 2.24. The summed E-state index contributed by atoms with van der Waals surface area (Å²) in [5.74, 6) is 0.279. The normalized spacial score (nSPS) is 12.0. The summed E-state index contributed by atoms with van der Waals surface area (Å²) in [6, 6.07) is 8.67. The highest BCUT2D eigenvalue weighted by atomic mass is 32.2. The molecule has 0 atom stereocenters. The number of benzene rings is 1. The number of para-hydroxylation sites is 1. The van der Waals surface area contributed by atoms with Crippen LogP contribution in [0.5, 0.6) is 0 Å². The van der Waals surface area contributed by atoms with Crippen LogP contribution < -0.4 is 9.62 Å². The van der Waals surface area contributed by atoms with Gasteiger partial charge in [-0.05, 0) is 24.0 Å². The van der Waals surface area contributed by atoms with Gasteiger partial charge in [-0.3, -0.25) is 9.10 Å². The summed E-state index contributed by atoms with van der Waals surface area (Å²) in [4.78, 5) is 12.3. The molecule has 0 bridgehead atoms. The Kier molecular flexibility index (Phi) is 6.41. The zero-order valence-electron chi connectivity index (χ0n) is 13.9. The number of rotatable bonds is 7. The van der Waals surface area contributed by atoms with Crippen molar-refractivity contribution in [1.82, 2.24) is 5.32 Å². The molecule has 1 amide bonds. The quantitative estimate of drug-likeness (QED) is 0.836. The first kappa shape index (κ1) is 18.5. The first-order valence-corrected chi connectivity index (χ1v) is 9.30. The average molecular weight is 326 g/mol. The first-order valence-electron chi connectivity index (χ1n) is 7.45. The Morgan fingerprint density at radius 3 is 2.00 bits per heavy atom. The van der Waals surface area contributed by atoms with Crippen LogP contribution in [-0.4, -0.2) is 33.2 Å². The molecule has 1 rings (SSSR count). The molecule has 0 saturated carbocycles. The Hall–Kier alpha value is -1.56. The number of carbonyl (C=O) groups is 1. The van der Waals surface area contributed by atoms with Gasteiger partial charge in [0.1, 0.15) is 6.54 Å². The second-order valence-electron chi connectivity index (χ2n) is 6.19. The molecule has 6 heteroatoms. The molecule has 0 aliphatic rings. The number of anilines is 1. The summed E-state index contributed by atoms with van der Waals surface area (Å²) < 4.78 is 25.1. The maximum atomic E-state index is 12.3. The predicted octanol–water partition coefficient (Wildman–Crippen LogP) is 2.25. The minimum atomic E-state index is -3.52. The van der Waals surface area contributed by atoms with Crippen molar-refractivity contribution in [3.8, 4) is 0 Å². The van der Waals surface area contributed by atoms with Gasteiger partial charge in [-0.15, -0.1) is 0 Å². The van der Waals surface area contributed by atoms with Crippen LogP contribution in [0.1, 0.15) is 27.7 Å². The van der Waals surface area contributed by atoms with Crippen molar-refractivity contribution in [1.29, 1.82) is 0 Å². The van der Waals surface area contributed by atoms with Crippen LogP contribution in [-0.2, 0) is 14.8 Å². The fourth-order valence-corrected chi connectivity index (χ4v) is 3.32. The van der Waals surface area contributed by atoms with Crippen molar-refractivity contribution >= 4 is 21.6 Å². The van der Waals surface area contributed by atoms with E-state index in [4.69, 9.17) is 0 Å². The minimum absolute atomic E-state index is 0.0182. The third-order valence-electron chi connectivity index (χ3n) is 3.50. The van der Waals surface area contributed by atoms with Gasteiger partial charge in [0, 0.05) is 6.04 Å². The van der Waals surface area contributed by atoms with Crippen LogP contribution in [0.15, 0.2) is 30.3 Å². The topological polar surface area (TPSA) is 66.5 Å². The zero-order chi connectivity index (χ0) is 16.9. The molecule has 0 aliphatic carbocycles. The molecular weight excluding hydrogens is 300 g/mol. The van der Waals surface area contributed by atoms with Crippen molar-refractivity contribution in [2.75, 3.05) is 17.1 Å². The van der Waals surface area contributed by atoms with E-state index in [2.05, 4.69) is 5.32 Å². The Bertz CT molecular complexity index is 575. The second kappa shape index (κ2) is 7.63. The van der Waals surface area contributed by atoms with Crippen molar-refractivity contribution in [3.63, 3.8) is 0 Å². The van der Waals surface area contributed by atoms with Gasteiger partial charge in [0.2, 0.25) is 15.9 Å². The SMILES string of the molecule is CC(C)C(NC(=O)CN(c1ccccc1)S(C)(=O)=O)C(C)C. The molecule has 5 nitrogen and oxygen atoms in total. The first-order chi connectivity index (χ1) is 10.1. The fraction of sp³-hybridized carbons (Fsp3) is 0.562. The third-order valence-corrected chi connectivity index (χ3v) is 4.64. The summed E-state index contributed by atoms with van der Waals surface area (Å²) in [7, 11) is -3.52. The molecule has 0 aromatic heterocycles. The number of sulfonamides is 1. The van der Waals surface area contributed by atoms with Crippen molar-refractivity contribution in [3.05, 3.63) is 30.3 Å². The maximum absolute atomic E-state index is 12.3. The molecule has 0 saturated heterocycles. The molecular formula is C16H26N2O3S. The lowest BCUT2D eigenvalue weighted by molar-refractivity contribution is -0.121. The fourth-order valence-electron chi connectivity index (χ4n) is 2.46. The van der Waals surface area contributed by atoms with Gasteiger partial charge in [-0.25, -0.2) is 8.42 Å². The monoisotopic (exact) mass is 326 g/mol. The van der Waals surface area contributed by atoms with Gasteiger partial charge in [-0.1, -0.05) is 45.9 Å². The summed E-state index contributed by atoms with van der Waals surface area (Å²) in [5.41, 5.74) is 0.491. The van der Waals surface area contributed by atoms with Crippen LogP contribution in [0.4, 0.5) is 5.69 Å². The molecule has 1 aromatic rings. The van der Waals surface area contributed by atoms with Gasteiger partial charge >= 0.3 is 0 Å². The van der Waals surface area contributed by atoms with Gasteiger partial charge in [0.05, 0.1) is 11.9 Å². The average Bonchev–Trinajstić information content (AvgIpc) is 2.41. The number of carbonyl (C=O) groups excluding carboxylic acids is 1. The molecule has 1 aromatic carbocycles. The highest BCUT2D eigenvalue weighted by Crippen LogP contribution is 2.17. The van der Waals surface area contributed by atoms with Crippen LogP contribution in [0.3, 0.4) is 0 Å². The molecule has 124 valence electrons. The molecule has 0 spiro atoms. The predicted molar refractivity (Wildman–Crippen MR) is 90.2 cm³/mol. The third kappa shape index (κ3) is 5.33. The van der Waals surface area contributed by atoms with E-state index in [1.165, 1.54) is 0 Å². The second-order valence-corrected chi connectivity index (χ2v) is 8.09. The number of hydrogen-bond donors (Lipinski definition) is 1. The van der Waals surface area contributed by atoms with Gasteiger partial charge in [-0.2, -0.15) is 0 Å².